The van der Waals surface area contributed by atoms with Crippen molar-refractivity contribution >= 4 is 11.6 Å². The highest BCUT2D eigenvalue weighted by Crippen LogP contribution is 2.24. The molecule has 1 heterocycles. The van der Waals surface area contributed by atoms with Crippen molar-refractivity contribution in [3.63, 3.8) is 0 Å². The SMILES string of the molecule is Cn1c2c(n[n+]1[O-])C(=O)c1ccccc1C2=O. The Morgan fingerprint density at radius 1 is 1.18 bits per heavy atom. The number of hydrogen-bond donors (Lipinski definition) is 0. The molecule has 0 radical (unpaired) electrons. The summed E-state index contributed by atoms with van der Waals surface area (Å²) in [4.78, 5) is 24.4. The van der Waals surface area contributed by atoms with Crippen LogP contribution in [0.2, 0.25) is 0 Å². The van der Waals surface area contributed by atoms with Crippen molar-refractivity contribution in [2.75, 3.05) is 0 Å². The highest BCUT2D eigenvalue weighted by molar-refractivity contribution is 6.26. The van der Waals surface area contributed by atoms with Crippen LogP contribution in [0.1, 0.15) is 32.1 Å². The van der Waals surface area contributed by atoms with Gasteiger partial charge in [0.25, 0.3) is 0 Å². The third kappa shape index (κ3) is 1.09. The smallest absolute Gasteiger partial charge is 0.220 e. The van der Waals surface area contributed by atoms with E-state index in [1.807, 2.05) is 0 Å². The average molecular weight is 229 g/mol. The van der Waals surface area contributed by atoms with Gasteiger partial charge in [0.05, 0.1) is 7.05 Å². The molecule has 0 bridgehead atoms. The summed E-state index contributed by atoms with van der Waals surface area (Å²) in [5, 5.41) is 14.8. The Bertz CT molecular complexity index is 673. The first-order valence-corrected chi connectivity index (χ1v) is 4.96. The number of ketones is 2. The van der Waals surface area contributed by atoms with Gasteiger partial charge in [0.2, 0.25) is 17.3 Å². The highest BCUT2D eigenvalue weighted by atomic mass is 16.5. The molecular formula is C11H7N3O3. The average Bonchev–Trinajstić information content (AvgIpc) is 2.64. The summed E-state index contributed by atoms with van der Waals surface area (Å²) in [6.45, 7) is 0. The van der Waals surface area contributed by atoms with Crippen LogP contribution in [0.5, 0.6) is 0 Å². The second-order valence-electron chi connectivity index (χ2n) is 3.78. The Labute approximate surface area is 95.7 Å². The van der Waals surface area contributed by atoms with E-state index in [4.69, 9.17) is 0 Å². The normalized spacial score (nSPS) is 13.5. The minimum Gasteiger partial charge on any atom is -0.571 e. The molecule has 0 atom stereocenters. The number of aromatic nitrogens is 3. The number of rotatable bonds is 0. The molecule has 0 amide bonds. The molecule has 84 valence electrons. The van der Waals surface area contributed by atoms with Crippen LogP contribution in [-0.2, 0) is 7.05 Å². The van der Waals surface area contributed by atoms with Crippen molar-refractivity contribution < 1.29 is 14.5 Å². The van der Waals surface area contributed by atoms with Gasteiger partial charge in [-0.3, -0.25) is 9.59 Å². The van der Waals surface area contributed by atoms with Crippen LogP contribution in [0.4, 0.5) is 0 Å². The van der Waals surface area contributed by atoms with E-state index in [9.17, 15) is 14.8 Å². The molecule has 0 N–H and O–H groups in total. The highest BCUT2D eigenvalue weighted by Gasteiger charge is 2.37. The van der Waals surface area contributed by atoms with Crippen LogP contribution in [0.3, 0.4) is 0 Å². The van der Waals surface area contributed by atoms with Crippen molar-refractivity contribution in [1.29, 1.82) is 0 Å². The van der Waals surface area contributed by atoms with Gasteiger partial charge in [0.1, 0.15) is 0 Å². The Morgan fingerprint density at radius 2 is 1.76 bits per heavy atom. The van der Waals surface area contributed by atoms with E-state index in [1.165, 1.54) is 7.05 Å². The molecule has 0 fully saturated rings. The monoisotopic (exact) mass is 229 g/mol. The summed E-state index contributed by atoms with van der Waals surface area (Å²) >= 11 is 0. The van der Waals surface area contributed by atoms with E-state index in [2.05, 4.69) is 5.10 Å². The summed E-state index contributed by atoms with van der Waals surface area (Å²) < 4.78 is 1.03. The minimum atomic E-state index is -0.389. The molecule has 17 heavy (non-hydrogen) atoms. The first-order chi connectivity index (χ1) is 8.11. The molecule has 0 unspecified atom stereocenters. The Morgan fingerprint density at radius 3 is 2.41 bits per heavy atom. The van der Waals surface area contributed by atoms with Gasteiger partial charge < -0.3 is 5.21 Å². The predicted molar refractivity (Wildman–Crippen MR) is 55.5 cm³/mol. The van der Waals surface area contributed by atoms with Gasteiger partial charge in [-0.15, -0.1) is 4.68 Å². The van der Waals surface area contributed by atoms with E-state index >= 15 is 0 Å². The zero-order valence-electron chi connectivity index (χ0n) is 8.88. The fourth-order valence-corrected chi connectivity index (χ4v) is 1.98. The van der Waals surface area contributed by atoms with Gasteiger partial charge in [-0.05, 0) is 0 Å². The molecule has 2 aromatic rings. The van der Waals surface area contributed by atoms with Gasteiger partial charge in [-0.2, -0.15) is 0 Å². The van der Waals surface area contributed by atoms with Crippen molar-refractivity contribution in [3.05, 3.63) is 52.0 Å². The largest absolute Gasteiger partial charge is 0.571 e. The first-order valence-electron chi connectivity index (χ1n) is 4.96. The maximum absolute atomic E-state index is 12.1. The lowest BCUT2D eigenvalue weighted by molar-refractivity contribution is -0.747. The second-order valence-corrected chi connectivity index (χ2v) is 3.78. The van der Waals surface area contributed by atoms with Crippen LogP contribution in [-0.4, -0.2) is 21.3 Å². The maximum Gasteiger partial charge on any atom is 0.220 e. The molecule has 0 saturated heterocycles. The number of fused-ring (bicyclic) bond motifs is 2. The van der Waals surface area contributed by atoms with Crippen LogP contribution in [0, 0.1) is 5.21 Å². The van der Waals surface area contributed by atoms with E-state index in [1.54, 1.807) is 24.3 Å². The number of hydrogen-bond acceptors (Lipinski definition) is 4. The van der Waals surface area contributed by atoms with Gasteiger partial charge in [0, 0.05) is 21.2 Å². The standard InChI is InChI=1S/C11H7N3O3/c1-13-9-8(12-14(13)17)10(15)6-4-2-3-5-7(6)11(9)16/h2-5H,1H3. The lowest BCUT2D eigenvalue weighted by Crippen LogP contribution is -2.39. The summed E-state index contributed by atoms with van der Waals surface area (Å²) in [5.41, 5.74) is 0.576. The molecule has 6 nitrogen and oxygen atoms in total. The van der Waals surface area contributed by atoms with E-state index in [0.29, 0.717) is 11.1 Å². The number of nitrogens with zero attached hydrogens (tertiary/aromatic N) is 3. The van der Waals surface area contributed by atoms with Crippen molar-refractivity contribution in [2.24, 2.45) is 7.05 Å². The molecular weight excluding hydrogens is 222 g/mol. The van der Waals surface area contributed by atoms with Crippen molar-refractivity contribution in [3.8, 4) is 0 Å². The molecule has 1 aliphatic rings. The van der Waals surface area contributed by atoms with Gasteiger partial charge >= 0.3 is 0 Å². The fraction of sp³-hybridized carbons (Fsp3) is 0.0909. The zero-order valence-corrected chi connectivity index (χ0v) is 8.88. The lowest BCUT2D eigenvalue weighted by atomic mass is 9.90. The molecule has 0 saturated carbocycles. The number of carbonyl (C=O) groups excluding carboxylic acids is 2. The van der Waals surface area contributed by atoms with Crippen LogP contribution in [0.25, 0.3) is 0 Å². The first kappa shape index (κ1) is 9.71. The molecule has 6 heteroatoms. The quantitative estimate of drug-likeness (QED) is 0.396. The number of benzene rings is 1. The van der Waals surface area contributed by atoms with E-state index < -0.39 is 0 Å². The predicted octanol–water partition coefficient (Wildman–Crippen LogP) is -0.171. The summed E-state index contributed by atoms with van der Waals surface area (Å²) in [5.74, 6) is -0.736. The molecule has 1 aromatic heterocycles. The second kappa shape index (κ2) is 3.00. The minimum absolute atomic E-state index is 0.0451. The maximum atomic E-state index is 12.1. The number of carbonyl (C=O) groups is 2. The summed E-state index contributed by atoms with van der Waals surface area (Å²) in [6.07, 6.45) is 0. The Kier molecular flexibility index (Phi) is 1.72. The van der Waals surface area contributed by atoms with E-state index in [-0.39, 0.29) is 27.9 Å². The molecule has 1 aliphatic carbocycles. The lowest BCUT2D eigenvalue weighted by Gasteiger charge is -2.10. The zero-order chi connectivity index (χ0) is 12.2. The Hall–Kier alpha value is -2.50. The molecule has 0 aliphatic heterocycles. The van der Waals surface area contributed by atoms with Gasteiger partial charge in [-0.25, -0.2) is 0 Å². The fourth-order valence-electron chi connectivity index (χ4n) is 1.98. The van der Waals surface area contributed by atoms with Gasteiger partial charge in [-0.1, -0.05) is 24.3 Å². The van der Waals surface area contributed by atoms with E-state index in [0.717, 1.165) is 4.68 Å². The third-order valence-corrected chi connectivity index (χ3v) is 2.84. The topological polar surface area (TPSA) is 78.9 Å². The van der Waals surface area contributed by atoms with Crippen LogP contribution < -0.4 is 4.96 Å². The third-order valence-electron chi connectivity index (χ3n) is 2.84. The van der Waals surface area contributed by atoms with Crippen LogP contribution >= 0.6 is 0 Å². The molecule has 1 aromatic carbocycles. The molecule has 3 rings (SSSR count). The van der Waals surface area contributed by atoms with Crippen molar-refractivity contribution in [2.45, 2.75) is 0 Å². The Balaban J connectivity index is 2.37. The van der Waals surface area contributed by atoms with Crippen LogP contribution in [0.15, 0.2) is 24.3 Å². The summed E-state index contributed by atoms with van der Waals surface area (Å²) in [7, 11) is 1.40. The van der Waals surface area contributed by atoms with Crippen molar-refractivity contribution in [1.82, 2.24) is 9.78 Å². The summed E-state index contributed by atoms with van der Waals surface area (Å²) in [6, 6.07) is 6.48. The van der Waals surface area contributed by atoms with Gasteiger partial charge in [0.15, 0.2) is 5.69 Å². The molecule has 0 spiro atoms.